The first-order chi connectivity index (χ1) is 34.2. The van der Waals surface area contributed by atoms with Gasteiger partial charge in [0.1, 0.15) is 11.2 Å². The summed E-state index contributed by atoms with van der Waals surface area (Å²) < 4.78 is 10.9. The molecular weight excluding hydrogens is 843 g/mol. The van der Waals surface area contributed by atoms with Gasteiger partial charge in [-0.25, -0.2) is 4.98 Å². The molecule has 14 aromatic rings. The van der Waals surface area contributed by atoms with Gasteiger partial charge in [-0.05, 0) is 76.9 Å². The fourth-order valence-electron chi connectivity index (χ4n) is 10.4. The summed E-state index contributed by atoms with van der Waals surface area (Å²) in [5.74, 6) is 1.70. The van der Waals surface area contributed by atoms with E-state index in [-0.39, 0.29) is 0 Å². The van der Waals surface area contributed by atoms with Crippen molar-refractivity contribution in [3.05, 3.63) is 237 Å². The number of rotatable bonds is 7. The van der Waals surface area contributed by atoms with Gasteiger partial charge < -0.3 is 8.98 Å². The van der Waals surface area contributed by atoms with Crippen LogP contribution >= 0.6 is 0 Å². The Kier molecular flexibility index (Phi) is 8.79. The van der Waals surface area contributed by atoms with E-state index in [1.807, 2.05) is 30.3 Å². The van der Waals surface area contributed by atoms with Crippen LogP contribution in [-0.4, -0.2) is 24.1 Å². The molecule has 322 valence electrons. The average Bonchev–Trinajstić information content (AvgIpc) is 4.09. The maximum Gasteiger partial charge on any atom is 0.238 e. The zero-order valence-electron chi connectivity index (χ0n) is 37.2. The van der Waals surface area contributed by atoms with Gasteiger partial charge in [0.2, 0.25) is 5.95 Å². The van der Waals surface area contributed by atoms with E-state index in [0.29, 0.717) is 17.6 Å². The molecule has 4 heterocycles. The first kappa shape index (κ1) is 38.8. The molecule has 0 aliphatic rings. The van der Waals surface area contributed by atoms with Crippen LogP contribution in [0.1, 0.15) is 0 Å². The van der Waals surface area contributed by atoms with Crippen molar-refractivity contribution in [3.8, 4) is 67.8 Å². The molecule has 0 fully saturated rings. The fourth-order valence-corrected chi connectivity index (χ4v) is 10.4. The van der Waals surface area contributed by atoms with Gasteiger partial charge in [0.25, 0.3) is 0 Å². The van der Waals surface area contributed by atoms with Crippen LogP contribution in [0.25, 0.3) is 133 Å². The highest BCUT2D eigenvalue weighted by Crippen LogP contribution is 2.42. The first-order valence-corrected chi connectivity index (χ1v) is 23.3. The Morgan fingerprint density at radius 2 is 0.812 bits per heavy atom. The second-order valence-electron chi connectivity index (χ2n) is 17.6. The van der Waals surface area contributed by atoms with Crippen molar-refractivity contribution in [1.29, 1.82) is 0 Å². The van der Waals surface area contributed by atoms with Crippen LogP contribution in [0.3, 0.4) is 0 Å². The highest BCUT2D eigenvalue weighted by Gasteiger charge is 2.22. The van der Waals surface area contributed by atoms with Gasteiger partial charge in [0.05, 0.1) is 27.8 Å². The van der Waals surface area contributed by atoms with E-state index in [4.69, 9.17) is 19.4 Å². The average molecular weight is 882 g/mol. The number of hydrogen-bond acceptors (Lipinski definition) is 4. The Morgan fingerprint density at radius 1 is 0.290 bits per heavy atom. The Balaban J connectivity index is 0.999. The molecule has 0 atom stereocenters. The lowest BCUT2D eigenvalue weighted by Crippen LogP contribution is -2.07. The largest absolute Gasteiger partial charge is 0.456 e. The third-order valence-electron chi connectivity index (χ3n) is 13.6. The second-order valence-corrected chi connectivity index (χ2v) is 17.6. The summed E-state index contributed by atoms with van der Waals surface area (Å²) in [5, 5.41) is 6.83. The lowest BCUT2D eigenvalue weighted by atomic mass is 9.96. The minimum atomic E-state index is 0.537. The van der Waals surface area contributed by atoms with Crippen LogP contribution in [0, 0.1) is 0 Å². The summed E-state index contributed by atoms with van der Waals surface area (Å²) in [6.07, 6.45) is 0. The van der Waals surface area contributed by atoms with E-state index in [1.165, 1.54) is 10.8 Å². The van der Waals surface area contributed by atoms with Gasteiger partial charge in [-0.15, -0.1) is 0 Å². The summed E-state index contributed by atoms with van der Waals surface area (Å²) >= 11 is 0. The van der Waals surface area contributed by atoms with Crippen LogP contribution < -0.4 is 0 Å². The van der Waals surface area contributed by atoms with Crippen molar-refractivity contribution < 1.29 is 4.42 Å². The van der Waals surface area contributed by atoms with E-state index in [2.05, 4.69) is 215 Å². The van der Waals surface area contributed by atoms with Gasteiger partial charge in [-0.2, -0.15) is 9.97 Å². The van der Waals surface area contributed by atoms with Gasteiger partial charge in [-0.1, -0.05) is 182 Å². The van der Waals surface area contributed by atoms with E-state index < -0.39 is 0 Å². The SMILES string of the molecule is c1ccc(-c2ccc(-n3c4ccccc4c4ccccc43)c(-c3cccc(-c4nc(-c5ccccc5)nc(-n5c6ccccc6c6cccc(-c7ccc8oc9ccccc9c8c7)c65)n4)c3)c2)cc1. The molecular formula is C63H39N5O. The number of para-hydroxylation sites is 5. The second kappa shape index (κ2) is 15.6. The Hall–Kier alpha value is -9.39. The molecule has 0 radical (unpaired) electrons. The molecule has 0 N–H and O–H groups in total. The molecule has 0 aliphatic carbocycles. The monoisotopic (exact) mass is 881 g/mol. The number of furan rings is 1. The molecule has 10 aromatic carbocycles. The molecule has 14 rings (SSSR count). The van der Waals surface area contributed by atoms with Crippen molar-refractivity contribution in [3.63, 3.8) is 0 Å². The number of fused-ring (bicyclic) bond motifs is 9. The van der Waals surface area contributed by atoms with Crippen LogP contribution in [0.2, 0.25) is 0 Å². The molecule has 4 aromatic heterocycles. The predicted octanol–water partition coefficient (Wildman–Crippen LogP) is 16.3. The summed E-state index contributed by atoms with van der Waals surface area (Å²) in [7, 11) is 0. The molecule has 0 spiro atoms. The molecule has 0 aliphatic heterocycles. The van der Waals surface area contributed by atoms with Gasteiger partial charge in [-0.3, -0.25) is 4.57 Å². The molecule has 0 unspecified atom stereocenters. The van der Waals surface area contributed by atoms with Gasteiger partial charge >= 0.3 is 0 Å². The van der Waals surface area contributed by atoms with Gasteiger partial charge in [0.15, 0.2) is 11.6 Å². The van der Waals surface area contributed by atoms with Crippen LogP contribution in [0.15, 0.2) is 241 Å². The summed E-state index contributed by atoms with van der Waals surface area (Å²) in [6, 6.07) is 83.5. The Morgan fingerprint density at radius 3 is 1.55 bits per heavy atom. The maximum absolute atomic E-state index is 6.27. The molecule has 69 heavy (non-hydrogen) atoms. The predicted molar refractivity (Wildman–Crippen MR) is 283 cm³/mol. The first-order valence-electron chi connectivity index (χ1n) is 23.3. The molecule has 6 heteroatoms. The van der Waals surface area contributed by atoms with Crippen LogP contribution in [-0.2, 0) is 0 Å². The molecule has 0 bridgehead atoms. The minimum Gasteiger partial charge on any atom is -0.456 e. The third-order valence-corrected chi connectivity index (χ3v) is 13.6. The zero-order chi connectivity index (χ0) is 45.4. The summed E-state index contributed by atoms with van der Waals surface area (Å²) in [5.41, 5.74) is 15.5. The third kappa shape index (κ3) is 6.30. The maximum atomic E-state index is 6.27. The standard InChI is InChI=1S/C63H39N5O/c1-3-17-40(18-4-1)42-33-35-57(67-54-29-11-7-23-47(54)48-24-8-12-30-55(48)67)52(38-42)43-21-15-22-45(37-43)62-64-61(41-19-5-2-6-20-41)65-63(66-62)68-56-31-13-9-25-49(56)51-28-16-27-46(60(51)68)44-34-36-59-53(39-44)50-26-10-14-32-58(50)69-59/h1-39H. The van der Waals surface area contributed by atoms with E-state index in [1.54, 1.807) is 0 Å². The van der Waals surface area contributed by atoms with Crippen LogP contribution in [0.4, 0.5) is 0 Å². The van der Waals surface area contributed by atoms with Crippen molar-refractivity contribution in [2.24, 2.45) is 0 Å². The number of nitrogens with zero attached hydrogens (tertiary/aromatic N) is 5. The lowest BCUT2D eigenvalue weighted by molar-refractivity contribution is 0.669. The number of hydrogen-bond donors (Lipinski definition) is 0. The van der Waals surface area contributed by atoms with Crippen molar-refractivity contribution in [2.45, 2.75) is 0 Å². The Labute approximate surface area is 396 Å². The molecule has 0 amide bonds. The topological polar surface area (TPSA) is 61.7 Å². The highest BCUT2D eigenvalue weighted by molar-refractivity contribution is 6.15. The van der Waals surface area contributed by atoms with Crippen LogP contribution in [0.5, 0.6) is 0 Å². The Bertz CT molecular complexity index is 4260. The van der Waals surface area contributed by atoms with E-state index >= 15 is 0 Å². The molecule has 0 saturated heterocycles. The summed E-state index contributed by atoms with van der Waals surface area (Å²) in [6.45, 7) is 0. The van der Waals surface area contributed by atoms with E-state index in [0.717, 1.165) is 105 Å². The van der Waals surface area contributed by atoms with Crippen molar-refractivity contribution in [1.82, 2.24) is 24.1 Å². The highest BCUT2D eigenvalue weighted by atomic mass is 16.3. The quantitative estimate of drug-likeness (QED) is 0.160. The molecule has 0 saturated carbocycles. The minimum absolute atomic E-state index is 0.537. The smallest absolute Gasteiger partial charge is 0.238 e. The molecule has 6 nitrogen and oxygen atoms in total. The van der Waals surface area contributed by atoms with Gasteiger partial charge in [0, 0.05) is 54.6 Å². The normalized spacial score (nSPS) is 11.8. The van der Waals surface area contributed by atoms with E-state index in [9.17, 15) is 0 Å². The fraction of sp³-hybridized carbons (Fsp3) is 0. The zero-order valence-corrected chi connectivity index (χ0v) is 37.2. The lowest BCUT2D eigenvalue weighted by Gasteiger charge is -2.17. The van der Waals surface area contributed by atoms with Crippen molar-refractivity contribution >= 4 is 65.6 Å². The summed E-state index contributed by atoms with van der Waals surface area (Å²) in [4.78, 5) is 16.1. The van der Waals surface area contributed by atoms with Crippen molar-refractivity contribution in [2.75, 3.05) is 0 Å². The number of aromatic nitrogens is 5. The number of benzene rings is 10.